The van der Waals surface area contributed by atoms with E-state index in [9.17, 15) is 4.39 Å². The van der Waals surface area contributed by atoms with Crippen LogP contribution in [0.2, 0.25) is 0 Å². The van der Waals surface area contributed by atoms with Crippen molar-refractivity contribution in [1.29, 1.82) is 0 Å². The van der Waals surface area contributed by atoms with Crippen LogP contribution in [0.3, 0.4) is 0 Å². The van der Waals surface area contributed by atoms with Gasteiger partial charge in [-0.1, -0.05) is 6.92 Å². The number of rotatable bonds is 7. The average Bonchev–Trinajstić information content (AvgIpc) is 3.23. The lowest BCUT2D eigenvalue weighted by molar-refractivity contribution is 0.0503. The molecule has 1 saturated carbocycles. The first-order valence-electron chi connectivity index (χ1n) is 6.80. The number of halogens is 1. The number of likely N-dealkylation sites (N-methyl/N-ethyl adjacent to an activating group) is 1. The highest BCUT2D eigenvalue weighted by Gasteiger charge is 2.38. The van der Waals surface area contributed by atoms with E-state index < -0.39 is 0 Å². The predicted octanol–water partition coefficient (Wildman–Crippen LogP) is 2.91. The zero-order valence-electron chi connectivity index (χ0n) is 11.8. The van der Waals surface area contributed by atoms with Gasteiger partial charge in [-0.25, -0.2) is 4.39 Å². The Kier molecular flexibility index (Phi) is 4.77. The van der Waals surface area contributed by atoms with E-state index in [2.05, 4.69) is 5.32 Å². The van der Waals surface area contributed by atoms with Crippen LogP contribution in [0.5, 0.6) is 5.75 Å². The molecule has 0 saturated heterocycles. The maximum absolute atomic E-state index is 13.5. The van der Waals surface area contributed by atoms with Gasteiger partial charge in [0.2, 0.25) is 0 Å². The van der Waals surface area contributed by atoms with Gasteiger partial charge in [-0.05, 0) is 43.5 Å². The van der Waals surface area contributed by atoms with Crippen LogP contribution < -0.4 is 10.1 Å². The quantitative estimate of drug-likeness (QED) is 0.824. The second-order valence-corrected chi connectivity index (χ2v) is 4.96. The van der Waals surface area contributed by atoms with E-state index in [4.69, 9.17) is 9.47 Å². The first-order valence-corrected chi connectivity index (χ1v) is 6.80. The summed E-state index contributed by atoms with van der Waals surface area (Å²) in [6.45, 7) is 2.84. The van der Waals surface area contributed by atoms with Gasteiger partial charge in [0.05, 0.1) is 19.3 Å². The lowest BCUT2D eigenvalue weighted by atomic mass is 9.96. The summed E-state index contributed by atoms with van der Waals surface area (Å²) < 4.78 is 24.5. The molecule has 1 aromatic carbocycles. The van der Waals surface area contributed by atoms with Crippen molar-refractivity contribution in [1.82, 2.24) is 5.32 Å². The monoisotopic (exact) mass is 267 g/mol. The Morgan fingerprint density at radius 3 is 2.63 bits per heavy atom. The van der Waals surface area contributed by atoms with E-state index in [1.165, 1.54) is 18.9 Å². The minimum atomic E-state index is -0.246. The molecule has 2 unspecified atom stereocenters. The third-order valence-electron chi connectivity index (χ3n) is 3.64. The van der Waals surface area contributed by atoms with E-state index in [0.29, 0.717) is 11.7 Å². The first kappa shape index (κ1) is 14.3. The summed E-state index contributed by atoms with van der Waals surface area (Å²) in [6.07, 6.45) is 2.42. The summed E-state index contributed by atoms with van der Waals surface area (Å²) in [5, 5.41) is 3.40. The molecule has 2 atom stereocenters. The zero-order valence-corrected chi connectivity index (χ0v) is 11.8. The number of hydrogen-bond acceptors (Lipinski definition) is 3. The van der Waals surface area contributed by atoms with Crippen LogP contribution in [0.1, 0.15) is 31.4 Å². The maximum atomic E-state index is 13.5. The summed E-state index contributed by atoms with van der Waals surface area (Å²) in [5.74, 6) is 1.02. The fraction of sp³-hybridized carbons (Fsp3) is 0.600. The van der Waals surface area contributed by atoms with Crippen molar-refractivity contribution in [3.05, 3.63) is 29.6 Å². The van der Waals surface area contributed by atoms with E-state index in [0.717, 1.165) is 12.1 Å². The van der Waals surface area contributed by atoms with Crippen molar-refractivity contribution in [2.75, 3.05) is 20.8 Å². The molecule has 3 nitrogen and oxygen atoms in total. The van der Waals surface area contributed by atoms with Crippen molar-refractivity contribution in [3.8, 4) is 5.75 Å². The fourth-order valence-corrected chi connectivity index (χ4v) is 2.60. The van der Waals surface area contributed by atoms with Gasteiger partial charge in [0.1, 0.15) is 11.6 Å². The van der Waals surface area contributed by atoms with E-state index in [1.807, 2.05) is 6.92 Å². The highest BCUT2D eigenvalue weighted by atomic mass is 19.1. The van der Waals surface area contributed by atoms with Gasteiger partial charge in [-0.3, -0.25) is 0 Å². The molecule has 0 aliphatic heterocycles. The minimum absolute atomic E-state index is 0.0341. The number of benzene rings is 1. The second-order valence-electron chi connectivity index (χ2n) is 4.96. The van der Waals surface area contributed by atoms with Gasteiger partial charge in [0, 0.05) is 12.7 Å². The van der Waals surface area contributed by atoms with Crippen LogP contribution in [-0.2, 0) is 4.74 Å². The van der Waals surface area contributed by atoms with Crippen LogP contribution in [0.25, 0.3) is 0 Å². The molecule has 0 amide bonds. The molecule has 0 bridgehead atoms. The fourth-order valence-electron chi connectivity index (χ4n) is 2.60. The third kappa shape index (κ3) is 3.25. The molecule has 0 aromatic heterocycles. The molecule has 0 radical (unpaired) electrons. The summed E-state index contributed by atoms with van der Waals surface area (Å²) >= 11 is 0. The largest absolute Gasteiger partial charge is 0.496 e. The lowest BCUT2D eigenvalue weighted by Gasteiger charge is -2.28. The zero-order chi connectivity index (χ0) is 13.8. The number of nitrogens with one attached hydrogen (secondary N) is 1. The SMILES string of the molecule is CCNC(c1cc(F)ccc1OC)C(OC)C1CC1. The number of ether oxygens (including phenoxy) is 2. The van der Waals surface area contributed by atoms with Crippen molar-refractivity contribution < 1.29 is 13.9 Å². The average molecular weight is 267 g/mol. The Labute approximate surface area is 114 Å². The topological polar surface area (TPSA) is 30.5 Å². The first-order chi connectivity index (χ1) is 9.21. The third-order valence-corrected chi connectivity index (χ3v) is 3.64. The summed E-state index contributed by atoms with van der Waals surface area (Å²) in [5.41, 5.74) is 0.836. The normalized spacial score (nSPS) is 18.1. The molecule has 1 fully saturated rings. The van der Waals surface area contributed by atoms with Gasteiger partial charge < -0.3 is 14.8 Å². The molecule has 106 valence electrons. The van der Waals surface area contributed by atoms with Crippen molar-refractivity contribution in [2.24, 2.45) is 5.92 Å². The molecular weight excluding hydrogens is 245 g/mol. The molecule has 2 rings (SSSR count). The molecule has 1 aliphatic rings. The molecule has 0 heterocycles. The van der Waals surface area contributed by atoms with Crippen molar-refractivity contribution in [3.63, 3.8) is 0 Å². The highest BCUT2D eigenvalue weighted by molar-refractivity contribution is 5.37. The van der Waals surface area contributed by atoms with Gasteiger partial charge >= 0.3 is 0 Å². The Balaban J connectivity index is 2.33. The standard InChI is InChI=1S/C15H22FNO2/c1-4-17-14(15(19-3)10-5-6-10)12-9-11(16)7-8-13(12)18-2/h7-10,14-15,17H,4-6H2,1-3H3. The van der Waals surface area contributed by atoms with Crippen molar-refractivity contribution in [2.45, 2.75) is 31.9 Å². The molecule has 19 heavy (non-hydrogen) atoms. The van der Waals surface area contributed by atoms with Crippen LogP contribution in [0, 0.1) is 11.7 Å². The Morgan fingerprint density at radius 1 is 1.37 bits per heavy atom. The lowest BCUT2D eigenvalue weighted by Crippen LogP contribution is -2.35. The summed E-state index contributed by atoms with van der Waals surface area (Å²) in [4.78, 5) is 0. The Hall–Kier alpha value is -1.13. The van der Waals surface area contributed by atoms with Gasteiger partial charge in [-0.2, -0.15) is 0 Å². The Bertz CT molecular complexity index is 421. The maximum Gasteiger partial charge on any atom is 0.123 e. The van der Waals surface area contributed by atoms with E-state index in [1.54, 1.807) is 26.4 Å². The predicted molar refractivity (Wildman–Crippen MR) is 72.9 cm³/mol. The number of hydrogen-bond donors (Lipinski definition) is 1. The minimum Gasteiger partial charge on any atom is -0.496 e. The molecular formula is C15H22FNO2. The summed E-state index contributed by atoms with van der Waals surface area (Å²) in [7, 11) is 3.33. The molecule has 1 aliphatic carbocycles. The van der Waals surface area contributed by atoms with Crippen LogP contribution >= 0.6 is 0 Å². The van der Waals surface area contributed by atoms with Gasteiger partial charge in [-0.15, -0.1) is 0 Å². The van der Waals surface area contributed by atoms with Crippen molar-refractivity contribution >= 4 is 0 Å². The van der Waals surface area contributed by atoms with Crippen LogP contribution in [-0.4, -0.2) is 26.9 Å². The van der Waals surface area contributed by atoms with Gasteiger partial charge in [0.15, 0.2) is 0 Å². The van der Waals surface area contributed by atoms with Crippen LogP contribution in [0.15, 0.2) is 18.2 Å². The highest BCUT2D eigenvalue weighted by Crippen LogP contribution is 2.41. The van der Waals surface area contributed by atoms with Crippen LogP contribution in [0.4, 0.5) is 4.39 Å². The molecule has 1 aromatic rings. The molecule has 1 N–H and O–H groups in total. The molecule has 4 heteroatoms. The Morgan fingerprint density at radius 2 is 2.11 bits per heavy atom. The van der Waals surface area contributed by atoms with Gasteiger partial charge in [0.25, 0.3) is 0 Å². The van der Waals surface area contributed by atoms with E-state index >= 15 is 0 Å². The smallest absolute Gasteiger partial charge is 0.123 e. The molecule has 0 spiro atoms. The summed E-state index contributed by atoms with van der Waals surface area (Å²) in [6, 6.07) is 4.60. The second kappa shape index (κ2) is 6.35. The number of methoxy groups -OCH3 is 2. The van der Waals surface area contributed by atoms with E-state index in [-0.39, 0.29) is 18.0 Å².